The summed E-state index contributed by atoms with van der Waals surface area (Å²) < 4.78 is 2.04. The summed E-state index contributed by atoms with van der Waals surface area (Å²) in [7, 11) is 1.10. The lowest BCUT2D eigenvalue weighted by atomic mass is 10.3. The van der Waals surface area contributed by atoms with E-state index in [4.69, 9.17) is 5.11 Å². The molecule has 0 bridgehead atoms. The van der Waals surface area contributed by atoms with Crippen LogP contribution in [0.25, 0.3) is 0 Å². The lowest BCUT2D eigenvalue weighted by Gasteiger charge is -1.93. The lowest BCUT2D eigenvalue weighted by molar-refractivity contribution is -0.676. The number of aliphatic hydroxyl groups excluding tert-OH is 1. The summed E-state index contributed by atoms with van der Waals surface area (Å²) in [6.45, 7) is 0.114. The summed E-state index contributed by atoms with van der Waals surface area (Å²) in [5, 5.41) is 8.74. The second kappa shape index (κ2) is 4.22. The molecule has 0 saturated carbocycles. The predicted octanol–water partition coefficient (Wildman–Crippen LogP) is 0.802. The lowest BCUT2D eigenvalue weighted by Crippen LogP contribution is -2.29. The summed E-state index contributed by atoms with van der Waals surface area (Å²) in [6.07, 6.45) is 8.53. The summed E-state index contributed by atoms with van der Waals surface area (Å²) >= 11 is 0. The molecule has 1 aromatic rings. The first-order valence-corrected chi connectivity index (χ1v) is 4.64. The highest BCUT2D eigenvalue weighted by Crippen LogP contribution is 1.95. The van der Waals surface area contributed by atoms with E-state index < -0.39 is 0 Å². The largest absolute Gasteiger partial charge is 0.392 e. The Morgan fingerprint density at radius 1 is 1.45 bits per heavy atom. The van der Waals surface area contributed by atoms with Gasteiger partial charge in [0.25, 0.3) is 0 Å². The van der Waals surface area contributed by atoms with E-state index in [-0.39, 0.29) is 6.61 Å². The van der Waals surface area contributed by atoms with Gasteiger partial charge in [0.05, 0.1) is 6.61 Å². The highest BCUT2D eigenvalue weighted by atomic mass is 31.1. The predicted molar refractivity (Wildman–Crippen MR) is 46.6 cm³/mol. The fourth-order valence-corrected chi connectivity index (χ4v) is 1.22. The molecule has 0 atom stereocenters. The number of pyridine rings is 1. The van der Waals surface area contributed by atoms with E-state index in [2.05, 4.69) is 6.30 Å². The molecule has 1 aromatic heterocycles. The van der Waals surface area contributed by atoms with Crippen LogP contribution >= 0.6 is 8.20 Å². The Labute approximate surface area is 67.9 Å². The van der Waals surface area contributed by atoms with Crippen molar-refractivity contribution in [2.24, 2.45) is 0 Å². The number of nitrogens with zero attached hydrogens (tertiary/aromatic N) is 1. The van der Waals surface area contributed by atoms with Crippen molar-refractivity contribution in [1.29, 1.82) is 0 Å². The molecule has 0 radical (unpaired) electrons. The van der Waals surface area contributed by atoms with Crippen LogP contribution in [-0.4, -0.2) is 11.4 Å². The molecule has 2 nitrogen and oxygen atoms in total. The van der Waals surface area contributed by atoms with Crippen molar-refractivity contribution in [3.05, 3.63) is 30.1 Å². The topological polar surface area (TPSA) is 24.1 Å². The van der Waals surface area contributed by atoms with Gasteiger partial charge >= 0.3 is 0 Å². The number of aliphatic hydroxyl groups is 1. The van der Waals surface area contributed by atoms with E-state index in [0.29, 0.717) is 0 Å². The van der Waals surface area contributed by atoms with Gasteiger partial charge in [-0.2, -0.15) is 4.57 Å². The Balaban J connectivity index is 2.74. The molecule has 0 aliphatic carbocycles. The fourth-order valence-electron chi connectivity index (χ4n) is 0.803. The van der Waals surface area contributed by atoms with Crippen LogP contribution in [-0.2, 0) is 12.9 Å². The molecule has 0 saturated heterocycles. The minimum atomic E-state index is 0.114. The van der Waals surface area contributed by atoms with Gasteiger partial charge in [-0.25, -0.2) is 0 Å². The van der Waals surface area contributed by atoms with Crippen molar-refractivity contribution in [2.45, 2.75) is 12.9 Å². The fraction of sp³-hybridized carbons (Fsp3) is 0.250. The number of hydrogen-bond donors (Lipinski definition) is 1. The van der Waals surface area contributed by atoms with Crippen LogP contribution in [0, 0.1) is 0 Å². The van der Waals surface area contributed by atoms with Crippen LogP contribution in [0.5, 0.6) is 0 Å². The van der Waals surface area contributed by atoms with Gasteiger partial charge in [-0.05, 0) is 13.8 Å². The molecule has 0 aliphatic heterocycles. The molecule has 0 aliphatic rings. The molecule has 1 rings (SSSR count). The van der Waals surface area contributed by atoms with Crippen molar-refractivity contribution in [2.75, 3.05) is 0 Å². The zero-order chi connectivity index (χ0) is 8.10. The van der Waals surface area contributed by atoms with E-state index >= 15 is 0 Å². The Bertz CT molecular complexity index is 232. The Hall–Kier alpha value is -0.720. The average Bonchev–Trinajstić information content (AvgIpc) is 2.07. The SMILES string of the molecule is C=PC[n+]1ccc(CO)cc1. The quantitative estimate of drug-likeness (QED) is 0.524. The molecule has 11 heavy (non-hydrogen) atoms. The molecule has 1 N–H and O–H groups in total. The van der Waals surface area contributed by atoms with E-state index in [1.54, 1.807) is 0 Å². The van der Waals surface area contributed by atoms with Crippen molar-refractivity contribution >= 4 is 14.5 Å². The maximum Gasteiger partial charge on any atom is 0.187 e. The van der Waals surface area contributed by atoms with Gasteiger partial charge in [-0.3, -0.25) is 0 Å². The second-order valence-corrected chi connectivity index (χ2v) is 2.97. The molecule has 0 aromatic carbocycles. The molecule has 3 heteroatoms. The second-order valence-electron chi connectivity index (χ2n) is 2.24. The van der Waals surface area contributed by atoms with Crippen molar-refractivity contribution in [1.82, 2.24) is 0 Å². The van der Waals surface area contributed by atoms with Gasteiger partial charge in [0.2, 0.25) is 0 Å². The van der Waals surface area contributed by atoms with Gasteiger partial charge in [0.1, 0.15) is 0 Å². The summed E-state index contributed by atoms with van der Waals surface area (Å²) in [5.41, 5.74) is 0.946. The molecule has 1 heterocycles. The summed E-state index contributed by atoms with van der Waals surface area (Å²) in [6, 6.07) is 3.82. The van der Waals surface area contributed by atoms with E-state index in [1.165, 1.54) is 0 Å². The molecule has 0 fully saturated rings. The van der Waals surface area contributed by atoms with Gasteiger partial charge in [-0.1, -0.05) is 6.30 Å². The summed E-state index contributed by atoms with van der Waals surface area (Å²) in [5.74, 6) is 0. The maximum atomic E-state index is 8.74. The highest BCUT2D eigenvalue weighted by molar-refractivity contribution is 7.35. The van der Waals surface area contributed by atoms with Gasteiger partial charge in [0, 0.05) is 12.1 Å². The minimum Gasteiger partial charge on any atom is -0.392 e. The monoisotopic (exact) mass is 168 g/mol. The Morgan fingerprint density at radius 3 is 2.55 bits per heavy atom. The van der Waals surface area contributed by atoms with E-state index in [9.17, 15) is 0 Å². The van der Waals surface area contributed by atoms with Crippen molar-refractivity contribution in [3.8, 4) is 0 Å². The molecular weight excluding hydrogens is 157 g/mol. The van der Waals surface area contributed by atoms with Crippen LogP contribution in [0.15, 0.2) is 24.5 Å². The minimum absolute atomic E-state index is 0.114. The third-order valence-corrected chi connectivity index (χ3v) is 1.93. The molecule has 58 valence electrons. The zero-order valence-electron chi connectivity index (χ0n) is 6.27. The molecular formula is C8H11NOP+. The van der Waals surface area contributed by atoms with Gasteiger partial charge in [-0.15, -0.1) is 0 Å². The maximum absolute atomic E-state index is 8.74. The Kier molecular flexibility index (Phi) is 3.21. The number of rotatable bonds is 3. The first-order valence-electron chi connectivity index (χ1n) is 3.38. The Morgan fingerprint density at radius 2 is 2.09 bits per heavy atom. The zero-order valence-corrected chi connectivity index (χ0v) is 7.17. The smallest absolute Gasteiger partial charge is 0.187 e. The van der Waals surface area contributed by atoms with Gasteiger partial charge in [0.15, 0.2) is 18.7 Å². The van der Waals surface area contributed by atoms with Crippen molar-refractivity contribution in [3.63, 3.8) is 0 Å². The van der Waals surface area contributed by atoms with Crippen LogP contribution in [0.4, 0.5) is 0 Å². The van der Waals surface area contributed by atoms with Crippen molar-refractivity contribution < 1.29 is 9.67 Å². The molecule has 0 spiro atoms. The normalized spacial score (nSPS) is 10.3. The number of hydrogen-bond acceptors (Lipinski definition) is 1. The summed E-state index contributed by atoms with van der Waals surface area (Å²) in [4.78, 5) is 0. The van der Waals surface area contributed by atoms with Crippen LogP contribution < -0.4 is 4.57 Å². The third-order valence-electron chi connectivity index (χ3n) is 1.41. The van der Waals surface area contributed by atoms with E-state index in [1.807, 2.05) is 29.1 Å². The van der Waals surface area contributed by atoms with E-state index in [0.717, 1.165) is 20.1 Å². The molecule has 0 amide bonds. The first kappa shape index (κ1) is 8.38. The van der Waals surface area contributed by atoms with Gasteiger partial charge < -0.3 is 5.11 Å². The van der Waals surface area contributed by atoms with Crippen LogP contribution in [0.3, 0.4) is 0 Å². The van der Waals surface area contributed by atoms with Crippen LogP contribution in [0.1, 0.15) is 5.56 Å². The standard InChI is InChI=1S/C8H11NOP/c1-11-7-9-4-2-8(6-10)3-5-9/h2-5,10H,1,6-7H2/q+1. The van der Waals surface area contributed by atoms with Crippen LogP contribution in [0.2, 0.25) is 0 Å². The highest BCUT2D eigenvalue weighted by Gasteiger charge is 1.95. The molecule has 0 unspecified atom stereocenters. The third kappa shape index (κ3) is 2.41. The average molecular weight is 168 g/mol. The first-order chi connectivity index (χ1) is 5.36. The number of aromatic nitrogens is 1.